The Morgan fingerprint density at radius 1 is 0.917 bits per heavy atom. The number of anilines is 4. The normalized spacial score (nSPS) is 16.9. The molecule has 1 atom stereocenters. The van der Waals surface area contributed by atoms with Gasteiger partial charge in [-0.05, 0) is 77.2 Å². The van der Waals surface area contributed by atoms with E-state index < -0.39 is 0 Å². The zero-order chi connectivity index (χ0) is 25.5. The molecule has 0 aromatic carbocycles. The molecular formula is C22H32Br2N12. The first-order chi connectivity index (χ1) is 17.5. The van der Waals surface area contributed by atoms with Crippen LogP contribution < -0.4 is 32.7 Å². The maximum atomic E-state index is 5.94. The van der Waals surface area contributed by atoms with Crippen LogP contribution in [0.5, 0.6) is 0 Å². The molecule has 6 rings (SSSR count). The van der Waals surface area contributed by atoms with Crippen molar-refractivity contribution in [1.29, 1.82) is 0 Å². The van der Waals surface area contributed by atoms with E-state index in [-0.39, 0.29) is 0 Å². The van der Waals surface area contributed by atoms with Gasteiger partial charge in [-0.1, -0.05) is 0 Å². The van der Waals surface area contributed by atoms with E-state index in [0.717, 1.165) is 39.3 Å². The molecule has 4 aromatic heterocycles. The molecule has 2 saturated heterocycles. The summed E-state index contributed by atoms with van der Waals surface area (Å²) in [5, 5.41) is 21.1. The summed E-state index contributed by atoms with van der Waals surface area (Å²) in [7, 11) is 1.79. The van der Waals surface area contributed by atoms with Gasteiger partial charge >= 0.3 is 0 Å². The van der Waals surface area contributed by atoms with Gasteiger partial charge in [0.25, 0.3) is 0 Å². The van der Waals surface area contributed by atoms with Gasteiger partial charge in [0.05, 0.1) is 21.3 Å². The first kappa shape index (κ1) is 26.4. The lowest BCUT2D eigenvalue weighted by atomic mass is 10.2. The van der Waals surface area contributed by atoms with Crippen LogP contribution >= 0.6 is 31.9 Å². The molecule has 2 fully saturated rings. The Kier molecular flexibility index (Phi) is 9.18. The molecule has 12 nitrogen and oxygen atoms in total. The summed E-state index contributed by atoms with van der Waals surface area (Å²) in [5.74, 6) is 2.65. The molecule has 2 aliphatic rings. The highest BCUT2D eigenvalue weighted by atomic mass is 79.9. The number of nitrogen functional groups attached to an aromatic ring is 2. The van der Waals surface area contributed by atoms with E-state index in [0.29, 0.717) is 23.3 Å². The molecule has 0 spiro atoms. The molecular weight excluding hydrogens is 592 g/mol. The van der Waals surface area contributed by atoms with Crippen LogP contribution in [-0.2, 0) is 0 Å². The van der Waals surface area contributed by atoms with Crippen molar-refractivity contribution in [3.05, 3.63) is 33.5 Å². The van der Waals surface area contributed by atoms with Crippen LogP contribution in [0.1, 0.15) is 25.7 Å². The van der Waals surface area contributed by atoms with E-state index in [2.05, 4.69) is 73.3 Å². The summed E-state index contributed by atoms with van der Waals surface area (Å²) >= 11 is 6.75. The van der Waals surface area contributed by atoms with Crippen LogP contribution in [0.4, 0.5) is 23.3 Å². The van der Waals surface area contributed by atoms with E-state index in [1.54, 1.807) is 40.6 Å². The van der Waals surface area contributed by atoms with Gasteiger partial charge in [-0.25, -0.2) is 9.97 Å². The van der Waals surface area contributed by atoms with E-state index in [1.165, 1.54) is 38.8 Å². The molecule has 8 N–H and O–H groups in total. The zero-order valence-electron chi connectivity index (χ0n) is 20.1. The molecule has 0 amide bonds. The summed E-state index contributed by atoms with van der Waals surface area (Å²) in [6, 6.07) is 4.06. The maximum Gasteiger partial charge on any atom is 0.173 e. The third kappa shape index (κ3) is 6.55. The van der Waals surface area contributed by atoms with Crippen LogP contribution in [0.3, 0.4) is 0 Å². The fraction of sp³-hybridized carbons (Fsp3) is 0.455. The van der Waals surface area contributed by atoms with Crippen molar-refractivity contribution in [2.24, 2.45) is 0 Å². The summed E-state index contributed by atoms with van der Waals surface area (Å²) < 4.78 is 4.86. The lowest BCUT2D eigenvalue weighted by Crippen LogP contribution is -2.29. The average molecular weight is 624 g/mol. The number of nitrogens with one attached hydrogen (secondary N) is 4. The second kappa shape index (κ2) is 12.5. The van der Waals surface area contributed by atoms with Crippen LogP contribution in [0.15, 0.2) is 33.5 Å². The Morgan fingerprint density at radius 3 is 2.00 bits per heavy atom. The quantitative estimate of drug-likeness (QED) is 0.199. The third-order valence-corrected chi connectivity index (χ3v) is 6.94. The fourth-order valence-electron chi connectivity index (χ4n) is 3.92. The lowest BCUT2D eigenvalue weighted by Gasteiger charge is -2.12. The smallest absolute Gasteiger partial charge is 0.173 e. The number of aromatic nitrogens is 6. The van der Waals surface area contributed by atoms with E-state index >= 15 is 0 Å². The number of nitrogens with two attached hydrogens (primary N) is 2. The van der Waals surface area contributed by atoms with Crippen LogP contribution in [-0.4, -0.2) is 68.5 Å². The van der Waals surface area contributed by atoms with Gasteiger partial charge in [-0.15, -0.1) is 0 Å². The van der Waals surface area contributed by atoms with Gasteiger partial charge in [0, 0.05) is 31.8 Å². The molecule has 1 unspecified atom stereocenters. The molecule has 0 bridgehead atoms. The number of hydrogen-bond donors (Lipinski definition) is 6. The number of hydrogen-bond acceptors (Lipinski definition) is 10. The summed E-state index contributed by atoms with van der Waals surface area (Å²) in [6.07, 6.45) is 8.59. The lowest BCUT2D eigenvalue weighted by molar-refractivity contribution is 0.632. The van der Waals surface area contributed by atoms with E-state index in [4.69, 9.17) is 11.5 Å². The largest absolute Gasteiger partial charge is 0.383 e. The molecule has 4 aromatic rings. The highest BCUT2D eigenvalue weighted by molar-refractivity contribution is 9.11. The highest BCUT2D eigenvalue weighted by Crippen LogP contribution is 2.21. The molecule has 194 valence electrons. The Bertz CT molecular complexity index is 1270. The van der Waals surface area contributed by atoms with Crippen molar-refractivity contribution in [2.75, 3.05) is 55.3 Å². The second-order valence-electron chi connectivity index (χ2n) is 8.47. The topological polar surface area (TPSA) is 161 Å². The minimum atomic E-state index is 0.526. The van der Waals surface area contributed by atoms with Gasteiger partial charge in [-0.2, -0.15) is 19.2 Å². The first-order valence-electron chi connectivity index (χ1n) is 11.9. The molecule has 14 heteroatoms. The zero-order valence-corrected chi connectivity index (χ0v) is 23.3. The van der Waals surface area contributed by atoms with E-state index in [9.17, 15) is 0 Å². The van der Waals surface area contributed by atoms with Crippen molar-refractivity contribution < 1.29 is 0 Å². The van der Waals surface area contributed by atoms with Gasteiger partial charge in [0.2, 0.25) is 0 Å². The molecule has 0 aliphatic carbocycles. The van der Waals surface area contributed by atoms with Gasteiger partial charge < -0.3 is 32.7 Å². The summed E-state index contributed by atoms with van der Waals surface area (Å²) in [5.41, 5.74) is 13.1. The van der Waals surface area contributed by atoms with Crippen LogP contribution in [0.25, 0.3) is 11.3 Å². The Balaban J connectivity index is 0.000000147. The minimum absolute atomic E-state index is 0.526. The monoisotopic (exact) mass is 622 g/mol. The predicted molar refractivity (Wildman–Crippen MR) is 151 cm³/mol. The standard InChI is InChI=1S/C11H15BrN6.C7H8BrN5.C4H9N/c12-8-6-16-18-9(13)4-10(17-11(8)18)15-5-7-2-1-3-14-7;1-10-6-2-5(9)13-7(12-6)4(8)3-11-13;1-2-4-5-3-1/h4,6-7,14H,1-3,5,13H2,(H,15,17);2-3H,9H2,1H3,(H,10,12);5H,1-4H2. The second-order valence-corrected chi connectivity index (χ2v) is 10.2. The average Bonchev–Trinajstić information content (AvgIpc) is 3.69. The maximum absolute atomic E-state index is 5.94. The molecule has 0 radical (unpaired) electrons. The SMILES string of the molecule is C1CCNC1.CNc1cc(N)n2ncc(Br)c2n1.Nc1cc(NCC2CCCN2)nc2c(Br)cnn12. The number of halogens is 2. The minimum Gasteiger partial charge on any atom is -0.383 e. The van der Waals surface area contributed by atoms with Crippen molar-refractivity contribution in [1.82, 2.24) is 39.8 Å². The number of fused-ring (bicyclic) bond motifs is 2. The highest BCUT2D eigenvalue weighted by Gasteiger charge is 2.14. The Labute approximate surface area is 226 Å². The molecule has 0 saturated carbocycles. The first-order valence-corrected chi connectivity index (χ1v) is 13.5. The Morgan fingerprint density at radius 2 is 1.50 bits per heavy atom. The van der Waals surface area contributed by atoms with Crippen molar-refractivity contribution in [3.8, 4) is 0 Å². The number of rotatable bonds is 4. The van der Waals surface area contributed by atoms with E-state index in [1.807, 2.05) is 0 Å². The van der Waals surface area contributed by atoms with Crippen molar-refractivity contribution >= 4 is 66.4 Å². The van der Waals surface area contributed by atoms with Gasteiger partial charge in [0.15, 0.2) is 11.3 Å². The van der Waals surface area contributed by atoms with Gasteiger partial charge in [-0.3, -0.25) is 0 Å². The van der Waals surface area contributed by atoms with Crippen LogP contribution in [0, 0.1) is 0 Å². The fourth-order valence-corrected chi connectivity index (χ4v) is 4.62. The summed E-state index contributed by atoms with van der Waals surface area (Å²) in [6.45, 7) is 4.48. The summed E-state index contributed by atoms with van der Waals surface area (Å²) in [4.78, 5) is 8.77. The van der Waals surface area contributed by atoms with Crippen molar-refractivity contribution in [3.63, 3.8) is 0 Å². The molecule has 36 heavy (non-hydrogen) atoms. The van der Waals surface area contributed by atoms with Crippen LogP contribution in [0.2, 0.25) is 0 Å². The van der Waals surface area contributed by atoms with Gasteiger partial charge in [0.1, 0.15) is 23.3 Å². The molecule has 6 heterocycles. The third-order valence-electron chi connectivity index (χ3n) is 5.82. The Hall–Kier alpha value is -2.68. The number of nitrogens with zero attached hydrogens (tertiary/aromatic N) is 6. The molecule has 2 aliphatic heterocycles. The van der Waals surface area contributed by atoms with Crippen molar-refractivity contribution in [2.45, 2.75) is 31.7 Å². The predicted octanol–water partition coefficient (Wildman–Crippen LogP) is 2.72.